The monoisotopic (exact) mass is 534 g/mol. The van der Waals surface area contributed by atoms with Crippen LogP contribution in [-0.4, -0.2) is 55.9 Å². The standard InChI is InChI=1S/C27H26N4O6S/c1-34-18-11-9-17(10-12-18)31-26(33)20-7-5-6-8-22(20)29-27(31)38-16-25(32)30-28-15-21-23(36-3)13-19(35-2)14-24(21)37-4/h5-15H,16H2,1-4H3,(H,30,32). The van der Waals surface area contributed by atoms with E-state index in [-0.39, 0.29) is 17.2 Å². The van der Waals surface area contributed by atoms with Gasteiger partial charge in [-0.25, -0.2) is 10.4 Å². The molecular weight excluding hydrogens is 508 g/mol. The van der Waals surface area contributed by atoms with Crippen LogP contribution in [0.25, 0.3) is 16.6 Å². The van der Waals surface area contributed by atoms with E-state index < -0.39 is 0 Å². The predicted molar refractivity (Wildman–Crippen MR) is 146 cm³/mol. The molecule has 0 aliphatic carbocycles. The van der Waals surface area contributed by atoms with Crippen molar-refractivity contribution in [1.82, 2.24) is 15.0 Å². The first-order valence-corrected chi connectivity index (χ1v) is 12.4. The van der Waals surface area contributed by atoms with Gasteiger partial charge in [-0.2, -0.15) is 5.10 Å². The summed E-state index contributed by atoms with van der Waals surface area (Å²) in [6, 6.07) is 17.5. The average Bonchev–Trinajstić information content (AvgIpc) is 2.96. The lowest BCUT2D eigenvalue weighted by Crippen LogP contribution is -2.24. The largest absolute Gasteiger partial charge is 0.497 e. The molecule has 1 heterocycles. The van der Waals surface area contributed by atoms with Gasteiger partial charge in [0.1, 0.15) is 23.0 Å². The maximum atomic E-state index is 13.4. The molecule has 1 amide bonds. The zero-order chi connectivity index (χ0) is 27.1. The van der Waals surface area contributed by atoms with E-state index in [0.717, 1.165) is 11.8 Å². The second-order valence-corrected chi connectivity index (χ2v) is 8.72. The van der Waals surface area contributed by atoms with Crippen molar-refractivity contribution in [1.29, 1.82) is 0 Å². The Balaban J connectivity index is 1.56. The van der Waals surface area contributed by atoms with Crippen LogP contribution in [0.2, 0.25) is 0 Å². The minimum atomic E-state index is -0.388. The van der Waals surface area contributed by atoms with Crippen LogP contribution in [-0.2, 0) is 4.79 Å². The van der Waals surface area contributed by atoms with Crippen molar-refractivity contribution in [3.05, 3.63) is 76.6 Å². The normalized spacial score (nSPS) is 10.9. The van der Waals surface area contributed by atoms with Crippen LogP contribution in [0, 0.1) is 0 Å². The zero-order valence-corrected chi connectivity index (χ0v) is 22.1. The summed E-state index contributed by atoms with van der Waals surface area (Å²) in [6.45, 7) is 0. The molecule has 1 aromatic heterocycles. The summed E-state index contributed by atoms with van der Waals surface area (Å²) in [5, 5.41) is 4.90. The van der Waals surface area contributed by atoms with E-state index in [9.17, 15) is 9.59 Å². The van der Waals surface area contributed by atoms with Gasteiger partial charge in [0, 0.05) is 12.1 Å². The van der Waals surface area contributed by atoms with Gasteiger partial charge in [0.15, 0.2) is 5.16 Å². The quantitative estimate of drug-likeness (QED) is 0.142. The number of nitrogens with one attached hydrogen (secondary N) is 1. The van der Waals surface area contributed by atoms with Crippen LogP contribution in [0.15, 0.2) is 75.7 Å². The maximum absolute atomic E-state index is 13.4. The summed E-state index contributed by atoms with van der Waals surface area (Å²) in [7, 11) is 6.14. The number of carbonyl (C=O) groups is 1. The molecule has 4 rings (SSSR count). The first-order chi connectivity index (χ1) is 18.5. The van der Waals surface area contributed by atoms with E-state index in [2.05, 4.69) is 15.5 Å². The molecule has 10 nitrogen and oxygen atoms in total. The van der Waals surface area contributed by atoms with Crippen molar-refractivity contribution in [2.24, 2.45) is 5.10 Å². The molecule has 0 fully saturated rings. The SMILES string of the molecule is COc1ccc(-n2c(SCC(=O)NN=Cc3c(OC)cc(OC)cc3OC)nc3ccccc3c2=O)cc1. The van der Waals surface area contributed by atoms with Crippen LogP contribution < -0.4 is 29.9 Å². The Morgan fingerprint density at radius 1 is 0.947 bits per heavy atom. The molecular formula is C27H26N4O6S. The van der Waals surface area contributed by atoms with Crippen LogP contribution in [0.1, 0.15) is 5.56 Å². The summed E-state index contributed by atoms with van der Waals surface area (Å²) in [6.07, 6.45) is 1.43. The third-order valence-electron chi connectivity index (χ3n) is 5.54. The Morgan fingerprint density at radius 2 is 1.61 bits per heavy atom. The number of ether oxygens (including phenoxy) is 4. The topological polar surface area (TPSA) is 113 Å². The second-order valence-electron chi connectivity index (χ2n) is 7.78. The van der Waals surface area contributed by atoms with E-state index in [1.807, 2.05) is 6.07 Å². The van der Waals surface area contributed by atoms with Gasteiger partial charge in [-0.1, -0.05) is 23.9 Å². The number of amides is 1. The van der Waals surface area contributed by atoms with Crippen molar-refractivity contribution in [3.63, 3.8) is 0 Å². The summed E-state index contributed by atoms with van der Waals surface area (Å²) < 4.78 is 22.7. The lowest BCUT2D eigenvalue weighted by atomic mass is 10.2. The lowest BCUT2D eigenvalue weighted by molar-refractivity contribution is -0.118. The number of aromatic nitrogens is 2. The number of methoxy groups -OCH3 is 4. The molecule has 4 aromatic rings. The van der Waals surface area contributed by atoms with Crippen molar-refractivity contribution < 1.29 is 23.7 Å². The Bertz CT molecular complexity index is 1510. The molecule has 0 radical (unpaired) electrons. The fraction of sp³-hybridized carbons (Fsp3) is 0.185. The van der Waals surface area contributed by atoms with Gasteiger partial charge >= 0.3 is 0 Å². The Morgan fingerprint density at radius 3 is 2.24 bits per heavy atom. The molecule has 0 saturated heterocycles. The molecule has 196 valence electrons. The number of carbonyl (C=O) groups excluding carboxylic acids is 1. The smallest absolute Gasteiger partial charge is 0.266 e. The number of fused-ring (bicyclic) bond motifs is 1. The summed E-state index contributed by atoms with van der Waals surface area (Å²) in [5.74, 6) is 1.74. The third-order valence-corrected chi connectivity index (χ3v) is 6.48. The summed E-state index contributed by atoms with van der Waals surface area (Å²) >= 11 is 1.12. The third kappa shape index (κ3) is 5.73. The fourth-order valence-electron chi connectivity index (χ4n) is 3.66. The minimum absolute atomic E-state index is 0.0326. The number of hydrogen-bond donors (Lipinski definition) is 1. The summed E-state index contributed by atoms with van der Waals surface area (Å²) in [4.78, 5) is 30.6. The number of hydrazone groups is 1. The van der Waals surface area contributed by atoms with Gasteiger partial charge in [0.25, 0.3) is 11.5 Å². The molecule has 0 unspecified atom stereocenters. The van der Waals surface area contributed by atoms with Crippen LogP contribution in [0.4, 0.5) is 0 Å². The van der Waals surface area contributed by atoms with E-state index >= 15 is 0 Å². The first kappa shape index (κ1) is 26.6. The number of rotatable bonds is 10. The summed E-state index contributed by atoms with van der Waals surface area (Å²) in [5.41, 5.74) is 3.94. The number of nitrogens with zero attached hydrogens (tertiary/aromatic N) is 3. The van der Waals surface area contributed by atoms with Gasteiger partial charge in [-0.15, -0.1) is 0 Å². The molecule has 1 N–H and O–H groups in total. The van der Waals surface area contributed by atoms with Crippen molar-refractivity contribution in [3.8, 4) is 28.7 Å². The van der Waals surface area contributed by atoms with Crippen molar-refractivity contribution in [2.75, 3.05) is 34.2 Å². The lowest BCUT2D eigenvalue weighted by Gasteiger charge is -2.13. The van der Waals surface area contributed by atoms with Gasteiger partial charge in [-0.3, -0.25) is 14.2 Å². The van der Waals surface area contributed by atoms with E-state index in [0.29, 0.717) is 50.3 Å². The number of thioether (sulfide) groups is 1. The van der Waals surface area contributed by atoms with Gasteiger partial charge in [0.05, 0.1) is 62.6 Å². The molecule has 11 heteroatoms. The van der Waals surface area contributed by atoms with Gasteiger partial charge in [-0.05, 0) is 36.4 Å². The Kier molecular flexibility index (Phi) is 8.49. The Labute approximate surface area is 223 Å². The second kappa shape index (κ2) is 12.2. The van der Waals surface area contributed by atoms with E-state index in [1.165, 1.54) is 25.0 Å². The van der Waals surface area contributed by atoms with Crippen LogP contribution in [0.5, 0.6) is 23.0 Å². The molecule has 0 saturated carbocycles. The van der Waals surface area contributed by atoms with E-state index in [1.54, 1.807) is 68.8 Å². The predicted octanol–water partition coefficient (Wildman–Crippen LogP) is 3.66. The first-order valence-electron chi connectivity index (χ1n) is 11.4. The molecule has 0 atom stereocenters. The molecule has 0 spiro atoms. The minimum Gasteiger partial charge on any atom is -0.497 e. The highest BCUT2D eigenvalue weighted by molar-refractivity contribution is 7.99. The van der Waals surface area contributed by atoms with Crippen molar-refractivity contribution >= 4 is 34.8 Å². The highest BCUT2D eigenvalue weighted by atomic mass is 32.2. The molecule has 0 bridgehead atoms. The molecule has 0 aliphatic heterocycles. The number of para-hydroxylation sites is 1. The maximum Gasteiger partial charge on any atom is 0.266 e. The van der Waals surface area contributed by atoms with Gasteiger partial charge in [0.2, 0.25) is 0 Å². The van der Waals surface area contributed by atoms with E-state index in [4.69, 9.17) is 18.9 Å². The highest BCUT2D eigenvalue weighted by Crippen LogP contribution is 2.32. The molecule has 0 aliphatic rings. The molecule has 3 aromatic carbocycles. The van der Waals surface area contributed by atoms with Crippen LogP contribution in [0.3, 0.4) is 0 Å². The Hall–Kier alpha value is -4.51. The highest BCUT2D eigenvalue weighted by Gasteiger charge is 2.15. The fourth-order valence-corrected chi connectivity index (χ4v) is 4.46. The average molecular weight is 535 g/mol. The number of hydrogen-bond acceptors (Lipinski definition) is 9. The van der Waals surface area contributed by atoms with Crippen LogP contribution >= 0.6 is 11.8 Å². The molecule has 38 heavy (non-hydrogen) atoms. The van der Waals surface area contributed by atoms with Crippen molar-refractivity contribution in [2.45, 2.75) is 5.16 Å². The van der Waals surface area contributed by atoms with Gasteiger partial charge < -0.3 is 18.9 Å². The number of benzene rings is 3. The zero-order valence-electron chi connectivity index (χ0n) is 21.3.